The second kappa shape index (κ2) is 6.68. The molecule has 0 radical (unpaired) electrons. The van der Waals surface area contributed by atoms with E-state index < -0.39 is 36.7 Å². The summed E-state index contributed by atoms with van der Waals surface area (Å²) in [4.78, 5) is 13.8. The molecular weight excluding hydrogens is 314 g/mol. The molecule has 0 unspecified atom stereocenters. The van der Waals surface area contributed by atoms with Crippen LogP contribution in [0.3, 0.4) is 0 Å². The Morgan fingerprint density at radius 2 is 2.08 bits per heavy atom. The molecule has 2 aliphatic heterocycles. The highest BCUT2D eigenvalue weighted by atomic mass is 16.8. The number of amides is 1. The van der Waals surface area contributed by atoms with Crippen molar-refractivity contribution < 1.29 is 29.2 Å². The van der Waals surface area contributed by atoms with Crippen LogP contribution >= 0.6 is 0 Å². The number of ether oxygens (including phenoxy) is 3. The standard InChI is InChI=1S/C17H23NO6/c1-17(2)23-13-8-18(14(12(20)9-19)15(13)24-17)16(21)22-10-11-6-4-3-5-7-11/h3-7,12-15,19-20H,8-10H2,1-2H3/t12-,13+,14-,15+/m1/s1. The van der Waals surface area contributed by atoms with Gasteiger partial charge in [0.05, 0.1) is 19.2 Å². The summed E-state index contributed by atoms with van der Waals surface area (Å²) in [6.45, 7) is 3.49. The van der Waals surface area contributed by atoms with Crippen LogP contribution < -0.4 is 0 Å². The lowest BCUT2D eigenvalue weighted by Gasteiger charge is -2.31. The van der Waals surface area contributed by atoms with Crippen molar-refractivity contribution in [3.63, 3.8) is 0 Å². The average Bonchev–Trinajstić information content (AvgIpc) is 3.04. The van der Waals surface area contributed by atoms with Crippen molar-refractivity contribution in [1.29, 1.82) is 0 Å². The molecule has 3 rings (SSSR count). The van der Waals surface area contributed by atoms with E-state index in [0.717, 1.165) is 5.56 Å². The van der Waals surface area contributed by atoms with Gasteiger partial charge in [0.25, 0.3) is 0 Å². The van der Waals surface area contributed by atoms with Gasteiger partial charge in [-0.25, -0.2) is 4.79 Å². The maximum Gasteiger partial charge on any atom is 0.410 e. The SMILES string of the molecule is CC1(C)O[C@@H]2[C@@H]([C@H](O)CO)N(C(=O)OCc3ccccc3)C[C@@H]2O1. The Morgan fingerprint density at radius 3 is 2.75 bits per heavy atom. The minimum Gasteiger partial charge on any atom is -0.445 e. The summed E-state index contributed by atoms with van der Waals surface area (Å²) in [7, 11) is 0. The van der Waals surface area contributed by atoms with Gasteiger partial charge in [0, 0.05) is 0 Å². The first-order valence-corrected chi connectivity index (χ1v) is 8.03. The van der Waals surface area contributed by atoms with Crippen molar-refractivity contribution in [2.24, 2.45) is 0 Å². The first-order chi connectivity index (χ1) is 11.4. The molecule has 2 heterocycles. The highest BCUT2D eigenvalue weighted by Gasteiger charge is 2.56. The number of hydrogen-bond acceptors (Lipinski definition) is 6. The summed E-state index contributed by atoms with van der Waals surface area (Å²) in [6.07, 6.45) is -2.53. The molecule has 0 spiro atoms. The van der Waals surface area contributed by atoms with Gasteiger partial charge in [-0.2, -0.15) is 0 Å². The Bertz CT molecular complexity index is 578. The maximum absolute atomic E-state index is 12.4. The lowest BCUT2D eigenvalue weighted by molar-refractivity contribution is -0.166. The van der Waals surface area contributed by atoms with Crippen molar-refractivity contribution in [1.82, 2.24) is 4.90 Å². The van der Waals surface area contributed by atoms with E-state index in [1.165, 1.54) is 4.90 Å². The molecule has 2 N–H and O–H groups in total. The Hall–Kier alpha value is -1.67. The number of carbonyl (C=O) groups excluding carboxylic acids is 1. The minimum absolute atomic E-state index is 0.140. The topological polar surface area (TPSA) is 88.5 Å². The second-order valence-electron chi connectivity index (χ2n) is 6.57. The van der Waals surface area contributed by atoms with Gasteiger partial charge in [0.1, 0.15) is 24.9 Å². The molecule has 0 aliphatic carbocycles. The molecule has 1 amide bonds. The molecule has 0 bridgehead atoms. The number of rotatable bonds is 4. The zero-order valence-electron chi connectivity index (χ0n) is 13.8. The molecule has 1 aromatic rings. The molecule has 132 valence electrons. The van der Waals surface area contributed by atoms with Gasteiger partial charge in [-0.3, -0.25) is 4.90 Å². The molecule has 2 saturated heterocycles. The summed E-state index contributed by atoms with van der Waals surface area (Å²) in [6, 6.07) is 8.64. The molecule has 24 heavy (non-hydrogen) atoms. The highest BCUT2D eigenvalue weighted by Crippen LogP contribution is 2.38. The number of likely N-dealkylation sites (tertiary alicyclic amines) is 1. The van der Waals surface area contributed by atoms with Gasteiger partial charge in [0.2, 0.25) is 0 Å². The molecule has 7 nitrogen and oxygen atoms in total. The highest BCUT2D eigenvalue weighted by molar-refractivity contribution is 5.69. The molecular formula is C17H23NO6. The van der Waals surface area contributed by atoms with Crippen molar-refractivity contribution in [2.45, 2.75) is 50.6 Å². The summed E-state index contributed by atoms with van der Waals surface area (Å²) < 4.78 is 16.9. The van der Waals surface area contributed by atoms with Gasteiger partial charge < -0.3 is 24.4 Å². The number of fused-ring (bicyclic) bond motifs is 1. The van der Waals surface area contributed by atoms with Crippen LogP contribution in [0.4, 0.5) is 4.79 Å². The van der Waals surface area contributed by atoms with Crippen molar-refractivity contribution in [3.05, 3.63) is 35.9 Å². The number of nitrogens with zero attached hydrogens (tertiary/aromatic N) is 1. The second-order valence-corrected chi connectivity index (χ2v) is 6.57. The van der Waals surface area contributed by atoms with Gasteiger partial charge in [0.15, 0.2) is 5.79 Å². The van der Waals surface area contributed by atoms with E-state index in [0.29, 0.717) is 0 Å². The first-order valence-electron chi connectivity index (χ1n) is 8.03. The van der Waals surface area contributed by atoms with Crippen molar-refractivity contribution in [3.8, 4) is 0 Å². The van der Waals surface area contributed by atoms with E-state index in [1.54, 1.807) is 13.8 Å². The molecule has 4 atom stereocenters. The molecule has 0 aromatic heterocycles. The monoisotopic (exact) mass is 337 g/mol. The smallest absolute Gasteiger partial charge is 0.410 e. The van der Waals surface area contributed by atoms with Gasteiger partial charge in [-0.15, -0.1) is 0 Å². The van der Waals surface area contributed by atoms with Gasteiger partial charge >= 0.3 is 6.09 Å². The van der Waals surface area contributed by atoms with Gasteiger partial charge in [-0.1, -0.05) is 30.3 Å². The third-order valence-corrected chi connectivity index (χ3v) is 4.32. The summed E-state index contributed by atoms with van der Waals surface area (Å²) in [5.41, 5.74) is 0.873. The molecule has 0 saturated carbocycles. The fourth-order valence-corrected chi connectivity index (χ4v) is 3.32. The van der Waals surface area contributed by atoms with E-state index in [-0.39, 0.29) is 19.3 Å². The summed E-state index contributed by atoms with van der Waals surface area (Å²) >= 11 is 0. The lowest BCUT2D eigenvalue weighted by Crippen LogP contribution is -2.50. The van der Waals surface area contributed by atoms with Crippen LogP contribution in [0.1, 0.15) is 19.4 Å². The Kier molecular flexibility index (Phi) is 4.78. The predicted octanol–water partition coefficient (Wildman–Crippen LogP) is 0.881. The quantitative estimate of drug-likeness (QED) is 0.848. The molecule has 2 aliphatic rings. The van der Waals surface area contributed by atoms with Crippen LogP contribution in [-0.2, 0) is 20.8 Å². The number of hydrogen-bond donors (Lipinski definition) is 2. The third-order valence-electron chi connectivity index (χ3n) is 4.32. The Morgan fingerprint density at radius 1 is 1.38 bits per heavy atom. The van der Waals surface area contributed by atoms with Crippen LogP contribution in [0.15, 0.2) is 30.3 Å². The normalized spacial score (nSPS) is 29.3. The van der Waals surface area contributed by atoms with Gasteiger partial charge in [-0.05, 0) is 19.4 Å². The third kappa shape index (κ3) is 3.39. The van der Waals surface area contributed by atoms with Crippen molar-refractivity contribution in [2.75, 3.05) is 13.2 Å². The number of aliphatic hydroxyl groups is 2. The largest absolute Gasteiger partial charge is 0.445 e. The molecule has 1 aromatic carbocycles. The number of benzene rings is 1. The van der Waals surface area contributed by atoms with E-state index in [9.17, 15) is 15.0 Å². The predicted molar refractivity (Wildman–Crippen MR) is 84.0 cm³/mol. The molecule has 7 heteroatoms. The van der Waals surface area contributed by atoms with Crippen LogP contribution in [0, 0.1) is 0 Å². The minimum atomic E-state index is -1.12. The van der Waals surface area contributed by atoms with Crippen LogP contribution in [0.25, 0.3) is 0 Å². The van der Waals surface area contributed by atoms with Crippen LogP contribution in [0.2, 0.25) is 0 Å². The number of carbonyl (C=O) groups is 1. The van der Waals surface area contributed by atoms with Crippen molar-refractivity contribution >= 4 is 6.09 Å². The summed E-state index contributed by atoms with van der Waals surface area (Å²) in [5, 5.41) is 19.5. The Balaban J connectivity index is 1.68. The lowest BCUT2D eigenvalue weighted by atomic mass is 10.1. The zero-order chi connectivity index (χ0) is 17.3. The van der Waals surface area contributed by atoms with E-state index >= 15 is 0 Å². The maximum atomic E-state index is 12.4. The van der Waals surface area contributed by atoms with Crippen LogP contribution in [-0.4, -0.2) is 64.5 Å². The van der Waals surface area contributed by atoms with Crippen LogP contribution in [0.5, 0.6) is 0 Å². The summed E-state index contributed by atoms with van der Waals surface area (Å²) in [5.74, 6) is -0.775. The fourth-order valence-electron chi connectivity index (χ4n) is 3.32. The molecule has 2 fully saturated rings. The van der Waals surface area contributed by atoms with E-state index in [1.807, 2.05) is 30.3 Å². The fraction of sp³-hybridized carbons (Fsp3) is 0.588. The Labute approximate surface area is 140 Å². The van der Waals surface area contributed by atoms with E-state index in [4.69, 9.17) is 14.2 Å². The average molecular weight is 337 g/mol. The van der Waals surface area contributed by atoms with E-state index in [2.05, 4.69) is 0 Å². The number of aliphatic hydroxyl groups excluding tert-OH is 2. The zero-order valence-corrected chi connectivity index (χ0v) is 13.8. The first kappa shape index (κ1) is 17.2.